The van der Waals surface area contributed by atoms with E-state index in [1.165, 1.54) is 0 Å². The van der Waals surface area contributed by atoms with Crippen LogP contribution in [0.25, 0.3) is 0 Å². The lowest BCUT2D eigenvalue weighted by Gasteiger charge is -2.27. The molecule has 0 aliphatic heterocycles. The highest BCUT2D eigenvalue weighted by Crippen LogP contribution is 2.25. The van der Waals surface area contributed by atoms with Gasteiger partial charge in [-0.15, -0.1) is 0 Å². The average molecular weight is 344 g/mol. The minimum atomic E-state index is -0.742. The van der Waals surface area contributed by atoms with Crippen LogP contribution in [0.1, 0.15) is 32.3 Å². The third kappa shape index (κ3) is 5.51. The minimum absolute atomic E-state index is 0.207. The number of ether oxygens (including phenoxy) is 1. The van der Waals surface area contributed by atoms with Gasteiger partial charge in [-0.3, -0.25) is 9.69 Å². The molecule has 1 aromatic rings. The summed E-state index contributed by atoms with van der Waals surface area (Å²) >= 11 is 3.47. The first-order valence-corrected chi connectivity index (χ1v) is 7.51. The number of hydrogen-bond donors (Lipinski definition) is 1. The van der Waals surface area contributed by atoms with E-state index in [0.29, 0.717) is 12.5 Å². The first kappa shape index (κ1) is 17.0. The van der Waals surface area contributed by atoms with Crippen molar-refractivity contribution >= 4 is 21.9 Å². The molecule has 1 N–H and O–H groups in total. The second kappa shape index (κ2) is 8.27. The van der Waals surface area contributed by atoms with E-state index in [4.69, 9.17) is 9.84 Å². The Bertz CT molecular complexity index is 449. The summed E-state index contributed by atoms with van der Waals surface area (Å²) < 4.78 is 6.40. The third-order valence-corrected chi connectivity index (χ3v) is 3.68. The standard InChI is InChI=1S/C15H22BrNO3/c1-11(2)17(8-4-5-15(18)19)10-12-9-13(16)6-7-14(12)20-3/h6-7,9,11H,4-5,8,10H2,1-3H3,(H,18,19). The SMILES string of the molecule is COc1ccc(Br)cc1CN(CCCC(=O)O)C(C)C. The topological polar surface area (TPSA) is 49.8 Å². The van der Waals surface area contributed by atoms with Gasteiger partial charge in [-0.25, -0.2) is 0 Å². The van der Waals surface area contributed by atoms with E-state index in [1.54, 1.807) is 7.11 Å². The number of carboxylic acid groups (broad SMARTS) is 1. The number of aliphatic carboxylic acids is 1. The smallest absolute Gasteiger partial charge is 0.303 e. The summed E-state index contributed by atoms with van der Waals surface area (Å²) in [6.45, 7) is 5.75. The van der Waals surface area contributed by atoms with Crippen molar-refractivity contribution in [2.75, 3.05) is 13.7 Å². The average Bonchev–Trinajstić information content (AvgIpc) is 2.37. The van der Waals surface area contributed by atoms with Crippen LogP contribution in [0.5, 0.6) is 5.75 Å². The molecule has 0 saturated heterocycles. The Labute approximate surface area is 128 Å². The molecule has 0 spiro atoms. The molecule has 0 bridgehead atoms. The molecule has 5 heteroatoms. The molecule has 0 radical (unpaired) electrons. The fraction of sp³-hybridized carbons (Fsp3) is 0.533. The fourth-order valence-electron chi connectivity index (χ4n) is 2.04. The minimum Gasteiger partial charge on any atom is -0.496 e. The van der Waals surface area contributed by atoms with Crippen molar-refractivity contribution in [1.82, 2.24) is 4.90 Å². The molecule has 1 rings (SSSR count). The fourth-order valence-corrected chi connectivity index (χ4v) is 2.45. The Balaban J connectivity index is 2.74. The maximum atomic E-state index is 10.6. The van der Waals surface area contributed by atoms with E-state index in [2.05, 4.69) is 34.7 Å². The predicted octanol–water partition coefficient (Wildman–Crippen LogP) is 3.53. The van der Waals surface area contributed by atoms with Gasteiger partial charge in [-0.05, 0) is 45.0 Å². The zero-order chi connectivity index (χ0) is 15.1. The lowest BCUT2D eigenvalue weighted by atomic mass is 10.1. The number of carboxylic acids is 1. The van der Waals surface area contributed by atoms with Gasteiger partial charge >= 0.3 is 5.97 Å². The number of methoxy groups -OCH3 is 1. The highest BCUT2D eigenvalue weighted by molar-refractivity contribution is 9.10. The summed E-state index contributed by atoms with van der Waals surface area (Å²) in [5.41, 5.74) is 1.10. The predicted molar refractivity (Wildman–Crippen MR) is 83.1 cm³/mol. The molecule has 0 aromatic heterocycles. The quantitative estimate of drug-likeness (QED) is 0.784. The van der Waals surface area contributed by atoms with Gasteiger partial charge in [0.2, 0.25) is 0 Å². The van der Waals surface area contributed by atoms with Crippen LogP contribution in [-0.2, 0) is 11.3 Å². The van der Waals surface area contributed by atoms with E-state index in [1.807, 2.05) is 18.2 Å². The highest BCUT2D eigenvalue weighted by atomic mass is 79.9. The molecule has 112 valence electrons. The number of benzene rings is 1. The van der Waals surface area contributed by atoms with Crippen molar-refractivity contribution < 1.29 is 14.6 Å². The summed E-state index contributed by atoms with van der Waals surface area (Å²) in [4.78, 5) is 12.9. The number of carbonyl (C=O) groups is 1. The summed E-state index contributed by atoms with van der Waals surface area (Å²) in [5.74, 6) is 0.117. The molecule has 0 atom stereocenters. The Hall–Kier alpha value is -1.07. The van der Waals surface area contributed by atoms with Gasteiger partial charge in [0.05, 0.1) is 7.11 Å². The van der Waals surface area contributed by atoms with Crippen LogP contribution in [0.4, 0.5) is 0 Å². The molecule has 0 unspecified atom stereocenters. The van der Waals surface area contributed by atoms with Gasteiger partial charge in [-0.1, -0.05) is 15.9 Å². The Morgan fingerprint density at radius 2 is 2.15 bits per heavy atom. The van der Waals surface area contributed by atoms with Gasteiger partial charge in [0, 0.05) is 29.0 Å². The van der Waals surface area contributed by atoms with E-state index < -0.39 is 5.97 Å². The van der Waals surface area contributed by atoms with E-state index in [0.717, 1.165) is 28.9 Å². The zero-order valence-corrected chi connectivity index (χ0v) is 13.8. The van der Waals surface area contributed by atoms with E-state index >= 15 is 0 Å². The monoisotopic (exact) mass is 343 g/mol. The van der Waals surface area contributed by atoms with Crippen LogP contribution in [0.3, 0.4) is 0 Å². The largest absolute Gasteiger partial charge is 0.496 e. The molecular weight excluding hydrogens is 322 g/mol. The van der Waals surface area contributed by atoms with Gasteiger partial charge in [-0.2, -0.15) is 0 Å². The van der Waals surface area contributed by atoms with Gasteiger partial charge < -0.3 is 9.84 Å². The van der Waals surface area contributed by atoms with Crippen LogP contribution in [-0.4, -0.2) is 35.7 Å². The highest BCUT2D eigenvalue weighted by Gasteiger charge is 2.13. The molecule has 1 aromatic carbocycles. The number of nitrogens with zero attached hydrogens (tertiary/aromatic N) is 1. The summed E-state index contributed by atoms with van der Waals surface area (Å²) in [5, 5.41) is 8.73. The third-order valence-electron chi connectivity index (χ3n) is 3.18. The lowest BCUT2D eigenvalue weighted by Crippen LogP contribution is -2.31. The first-order valence-electron chi connectivity index (χ1n) is 6.72. The van der Waals surface area contributed by atoms with Crippen molar-refractivity contribution in [2.24, 2.45) is 0 Å². The first-order chi connectivity index (χ1) is 9.43. The van der Waals surface area contributed by atoms with E-state index in [-0.39, 0.29) is 6.42 Å². The van der Waals surface area contributed by atoms with E-state index in [9.17, 15) is 4.79 Å². The molecule has 4 nitrogen and oxygen atoms in total. The maximum Gasteiger partial charge on any atom is 0.303 e. The molecular formula is C15H22BrNO3. The molecule has 0 amide bonds. The molecule has 0 fully saturated rings. The number of halogens is 1. The summed E-state index contributed by atoms with van der Waals surface area (Å²) in [6, 6.07) is 6.29. The molecule has 20 heavy (non-hydrogen) atoms. The Morgan fingerprint density at radius 3 is 2.70 bits per heavy atom. The van der Waals surface area contributed by atoms with Crippen LogP contribution in [0.2, 0.25) is 0 Å². The molecule has 0 aliphatic rings. The molecule has 0 aliphatic carbocycles. The second-order valence-electron chi connectivity index (χ2n) is 5.02. The normalized spacial score (nSPS) is 11.1. The van der Waals surface area contributed by atoms with Crippen molar-refractivity contribution in [3.8, 4) is 5.75 Å². The Morgan fingerprint density at radius 1 is 1.45 bits per heavy atom. The number of hydrogen-bond acceptors (Lipinski definition) is 3. The molecule has 0 heterocycles. The summed E-state index contributed by atoms with van der Waals surface area (Å²) in [7, 11) is 1.66. The second-order valence-corrected chi connectivity index (χ2v) is 5.93. The van der Waals surface area contributed by atoms with Gasteiger partial charge in [0.25, 0.3) is 0 Å². The van der Waals surface area contributed by atoms with Crippen LogP contribution in [0, 0.1) is 0 Å². The van der Waals surface area contributed by atoms with Crippen LogP contribution in [0.15, 0.2) is 22.7 Å². The van der Waals surface area contributed by atoms with Crippen molar-refractivity contribution in [3.05, 3.63) is 28.2 Å². The zero-order valence-electron chi connectivity index (χ0n) is 12.2. The number of rotatable bonds is 8. The van der Waals surface area contributed by atoms with Crippen molar-refractivity contribution in [3.63, 3.8) is 0 Å². The lowest BCUT2D eigenvalue weighted by molar-refractivity contribution is -0.137. The van der Waals surface area contributed by atoms with Crippen molar-refractivity contribution in [1.29, 1.82) is 0 Å². The molecule has 0 saturated carbocycles. The Kier molecular flexibility index (Phi) is 7.02. The maximum absolute atomic E-state index is 10.6. The van der Waals surface area contributed by atoms with Gasteiger partial charge in [0.15, 0.2) is 0 Å². The van der Waals surface area contributed by atoms with Crippen molar-refractivity contribution in [2.45, 2.75) is 39.3 Å². The van der Waals surface area contributed by atoms with Crippen LogP contribution >= 0.6 is 15.9 Å². The van der Waals surface area contributed by atoms with Crippen LogP contribution < -0.4 is 4.74 Å². The van der Waals surface area contributed by atoms with Gasteiger partial charge in [0.1, 0.15) is 5.75 Å². The summed E-state index contributed by atoms with van der Waals surface area (Å²) in [6.07, 6.45) is 0.864.